The predicted octanol–water partition coefficient (Wildman–Crippen LogP) is 2.98. The fraction of sp³-hybridized carbons (Fsp3) is 1.00. The maximum absolute atomic E-state index is 6.44. The molecule has 2 saturated heterocycles. The second-order valence-corrected chi connectivity index (χ2v) is 7.88. The van der Waals surface area contributed by atoms with E-state index in [0.717, 1.165) is 19.4 Å². The van der Waals surface area contributed by atoms with Gasteiger partial charge >= 0.3 is 0 Å². The van der Waals surface area contributed by atoms with Crippen molar-refractivity contribution in [1.29, 1.82) is 0 Å². The van der Waals surface area contributed by atoms with Crippen molar-refractivity contribution in [3.63, 3.8) is 0 Å². The highest BCUT2D eigenvalue weighted by Crippen LogP contribution is 2.39. The Hall–Kier alpha value is 0.230. The summed E-state index contributed by atoms with van der Waals surface area (Å²) in [6.07, 6.45) is 10.6. The Morgan fingerprint density at radius 1 is 1.05 bits per heavy atom. The topological polar surface area (TPSA) is 30.5 Å². The zero-order chi connectivity index (χ0) is 13.8. The lowest BCUT2D eigenvalue weighted by Gasteiger charge is -2.44. The number of ether oxygens (including phenoxy) is 2. The van der Waals surface area contributed by atoms with Gasteiger partial charge in [0.05, 0.1) is 17.8 Å². The van der Waals surface area contributed by atoms with Crippen molar-refractivity contribution in [2.75, 3.05) is 25.2 Å². The molecule has 1 N–H and O–H groups in total. The molecule has 1 saturated carbocycles. The largest absolute Gasteiger partial charge is 0.375 e. The first-order chi connectivity index (χ1) is 9.80. The van der Waals surface area contributed by atoms with Gasteiger partial charge in [0.25, 0.3) is 0 Å². The van der Waals surface area contributed by atoms with Gasteiger partial charge in [-0.1, -0.05) is 0 Å². The van der Waals surface area contributed by atoms with Crippen molar-refractivity contribution in [3.05, 3.63) is 0 Å². The van der Waals surface area contributed by atoms with E-state index in [1.54, 1.807) is 0 Å². The summed E-state index contributed by atoms with van der Waals surface area (Å²) in [6.45, 7) is 0.904. The first-order valence-corrected chi connectivity index (χ1v) is 9.50. The van der Waals surface area contributed by atoms with Crippen LogP contribution in [0.5, 0.6) is 0 Å². The Morgan fingerprint density at radius 3 is 2.50 bits per heavy atom. The normalized spacial score (nSPS) is 38.0. The highest BCUT2D eigenvalue weighted by molar-refractivity contribution is 7.99. The summed E-state index contributed by atoms with van der Waals surface area (Å²) in [4.78, 5) is 0. The molecule has 1 spiro atoms. The zero-order valence-electron chi connectivity index (χ0n) is 12.7. The van der Waals surface area contributed by atoms with Gasteiger partial charge in [0.15, 0.2) is 0 Å². The van der Waals surface area contributed by atoms with E-state index < -0.39 is 0 Å². The van der Waals surface area contributed by atoms with E-state index in [-0.39, 0.29) is 5.60 Å². The van der Waals surface area contributed by atoms with Crippen LogP contribution in [-0.4, -0.2) is 49.0 Å². The Kier molecular flexibility index (Phi) is 5.29. The van der Waals surface area contributed by atoms with Crippen molar-refractivity contribution in [3.8, 4) is 0 Å². The second kappa shape index (κ2) is 6.99. The lowest BCUT2D eigenvalue weighted by Crippen LogP contribution is -2.46. The molecule has 4 heteroatoms. The number of rotatable bonds is 3. The van der Waals surface area contributed by atoms with Crippen molar-refractivity contribution in [2.24, 2.45) is 0 Å². The average Bonchev–Trinajstić information content (AvgIpc) is 2.49. The van der Waals surface area contributed by atoms with Gasteiger partial charge in [0.2, 0.25) is 0 Å². The molecule has 1 aliphatic carbocycles. The molecule has 3 nitrogen and oxygen atoms in total. The number of thioether (sulfide) groups is 1. The van der Waals surface area contributed by atoms with Crippen molar-refractivity contribution >= 4 is 11.8 Å². The van der Waals surface area contributed by atoms with Gasteiger partial charge < -0.3 is 14.8 Å². The minimum Gasteiger partial charge on any atom is -0.375 e. The summed E-state index contributed by atoms with van der Waals surface area (Å²) in [6, 6.07) is 0.714. The molecule has 0 aromatic rings. The van der Waals surface area contributed by atoms with E-state index in [1.165, 1.54) is 50.0 Å². The van der Waals surface area contributed by atoms with E-state index in [2.05, 4.69) is 24.1 Å². The monoisotopic (exact) mass is 299 g/mol. The third-order valence-electron chi connectivity index (χ3n) is 5.32. The summed E-state index contributed by atoms with van der Waals surface area (Å²) in [5, 5.41) is 3.40. The molecule has 1 unspecified atom stereocenters. The van der Waals surface area contributed by atoms with Crippen molar-refractivity contribution in [1.82, 2.24) is 5.32 Å². The smallest absolute Gasteiger partial charge is 0.0723 e. The lowest BCUT2D eigenvalue weighted by molar-refractivity contribution is -0.154. The van der Waals surface area contributed by atoms with E-state index >= 15 is 0 Å². The van der Waals surface area contributed by atoms with Crippen LogP contribution >= 0.6 is 11.8 Å². The summed E-state index contributed by atoms with van der Waals surface area (Å²) in [5.41, 5.74) is 0.163. The molecule has 2 heterocycles. The average molecular weight is 299 g/mol. The van der Waals surface area contributed by atoms with E-state index in [4.69, 9.17) is 9.47 Å². The molecule has 3 rings (SSSR count). The van der Waals surface area contributed by atoms with Gasteiger partial charge in [-0.15, -0.1) is 0 Å². The molecular weight excluding hydrogens is 270 g/mol. The Bertz CT molecular complexity index is 293. The van der Waals surface area contributed by atoms with Gasteiger partial charge in [0.1, 0.15) is 0 Å². The molecule has 20 heavy (non-hydrogen) atoms. The summed E-state index contributed by atoms with van der Waals surface area (Å²) in [5.74, 6) is 2.53. The van der Waals surface area contributed by atoms with Crippen LogP contribution in [0.2, 0.25) is 0 Å². The molecule has 2 aliphatic heterocycles. The van der Waals surface area contributed by atoms with Crippen LogP contribution in [0.4, 0.5) is 0 Å². The number of hydrogen-bond donors (Lipinski definition) is 1. The highest BCUT2D eigenvalue weighted by Gasteiger charge is 2.40. The van der Waals surface area contributed by atoms with Crippen LogP contribution in [0.3, 0.4) is 0 Å². The summed E-state index contributed by atoms with van der Waals surface area (Å²) < 4.78 is 12.6. The first-order valence-electron chi connectivity index (χ1n) is 8.34. The Labute approximate surface area is 127 Å². The highest BCUT2D eigenvalue weighted by atomic mass is 32.2. The fourth-order valence-electron chi connectivity index (χ4n) is 3.95. The van der Waals surface area contributed by atoms with Crippen LogP contribution in [0.1, 0.15) is 51.4 Å². The molecule has 3 aliphatic rings. The molecule has 0 radical (unpaired) electrons. The molecule has 1 atom stereocenters. The lowest BCUT2D eigenvalue weighted by atomic mass is 9.86. The Balaban J connectivity index is 1.48. The van der Waals surface area contributed by atoms with Crippen LogP contribution < -0.4 is 5.32 Å². The minimum absolute atomic E-state index is 0.163. The van der Waals surface area contributed by atoms with Crippen molar-refractivity contribution in [2.45, 2.75) is 75.2 Å². The number of nitrogens with one attached hydrogen (secondary N) is 1. The fourth-order valence-corrected chi connectivity index (χ4v) is 5.19. The maximum atomic E-state index is 6.44. The van der Waals surface area contributed by atoms with E-state index in [1.807, 2.05) is 0 Å². The van der Waals surface area contributed by atoms with Gasteiger partial charge in [-0.3, -0.25) is 0 Å². The molecule has 0 aromatic heterocycles. The quantitative estimate of drug-likeness (QED) is 0.868. The van der Waals surface area contributed by atoms with Crippen LogP contribution in [0.25, 0.3) is 0 Å². The molecular formula is C16H29NO2S. The van der Waals surface area contributed by atoms with Crippen LogP contribution in [0, 0.1) is 0 Å². The summed E-state index contributed by atoms with van der Waals surface area (Å²) in [7, 11) is 2.08. The minimum atomic E-state index is 0.163. The molecule has 0 amide bonds. The summed E-state index contributed by atoms with van der Waals surface area (Å²) >= 11 is 2.07. The third kappa shape index (κ3) is 3.70. The SMILES string of the molecule is CNC1CCC(OC2CCOC3(CCSCC3)C2)CC1. The molecule has 3 fully saturated rings. The van der Waals surface area contributed by atoms with E-state index in [0.29, 0.717) is 18.2 Å². The molecule has 0 bridgehead atoms. The predicted molar refractivity (Wildman–Crippen MR) is 84.5 cm³/mol. The third-order valence-corrected chi connectivity index (χ3v) is 6.30. The van der Waals surface area contributed by atoms with Crippen molar-refractivity contribution < 1.29 is 9.47 Å². The Morgan fingerprint density at radius 2 is 1.80 bits per heavy atom. The van der Waals surface area contributed by atoms with Gasteiger partial charge in [-0.25, -0.2) is 0 Å². The zero-order valence-corrected chi connectivity index (χ0v) is 13.6. The van der Waals surface area contributed by atoms with Crippen LogP contribution in [-0.2, 0) is 9.47 Å². The van der Waals surface area contributed by atoms with Gasteiger partial charge in [0, 0.05) is 19.1 Å². The number of hydrogen-bond acceptors (Lipinski definition) is 4. The van der Waals surface area contributed by atoms with Crippen LogP contribution in [0.15, 0.2) is 0 Å². The molecule has 116 valence electrons. The van der Waals surface area contributed by atoms with E-state index in [9.17, 15) is 0 Å². The van der Waals surface area contributed by atoms with Gasteiger partial charge in [-0.2, -0.15) is 11.8 Å². The molecule has 0 aromatic carbocycles. The second-order valence-electron chi connectivity index (χ2n) is 6.66. The standard InChI is InChI=1S/C16H29NO2S/c1-17-13-2-4-14(5-3-13)19-15-6-9-18-16(12-15)7-10-20-11-8-16/h13-15,17H,2-12H2,1H3. The maximum Gasteiger partial charge on any atom is 0.0723 e. The van der Waals surface area contributed by atoms with Gasteiger partial charge in [-0.05, 0) is 63.5 Å². The first kappa shape index (κ1) is 15.1.